The molecule has 6 nitrogen and oxygen atoms in total. The van der Waals surface area contributed by atoms with Gasteiger partial charge in [0.1, 0.15) is 6.54 Å². The maximum Gasteiger partial charge on any atom is 0.318 e. The molecule has 0 spiro atoms. The minimum absolute atomic E-state index is 0.814. The van der Waals surface area contributed by atoms with Crippen LogP contribution in [0.5, 0.6) is 0 Å². The van der Waals surface area contributed by atoms with E-state index in [4.69, 9.17) is 5.11 Å². The smallest absolute Gasteiger partial charge is 0.318 e. The lowest BCUT2D eigenvalue weighted by Gasteiger charge is -2.03. The van der Waals surface area contributed by atoms with Crippen molar-refractivity contribution in [3.05, 3.63) is 24.1 Å². The SMILES string of the molecule is O=C(O)CNS(=O)(=O)c1ncccc1F. The Morgan fingerprint density at radius 3 is 2.80 bits per heavy atom. The second-order valence-electron chi connectivity index (χ2n) is 2.51. The van der Waals surface area contributed by atoms with Gasteiger partial charge >= 0.3 is 5.97 Å². The lowest BCUT2D eigenvalue weighted by Crippen LogP contribution is -2.30. The zero-order chi connectivity index (χ0) is 11.5. The van der Waals surface area contributed by atoms with Gasteiger partial charge in [-0.25, -0.2) is 17.8 Å². The number of carboxylic acids is 1. The van der Waals surface area contributed by atoms with E-state index in [2.05, 4.69) is 4.98 Å². The quantitative estimate of drug-likeness (QED) is 0.737. The van der Waals surface area contributed by atoms with Crippen molar-refractivity contribution < 1.29 is 22.7 Å². The Hall–Kier alpha value is -1.54. The first kappa shape index (κ1) is 11.5. The van der Waals surface area contributed by atoms with Crippen molar-refractivity contribution >= 4 is 16.0 Å². The number of nitrogens with zero attached hydrogens (tertiary/aromatic N) is 1. The number of halogens is 1. The molecule has 0 fully saturated rings. The molecule has 8 heteroatoms. The zero-order valence-electron chi connectivity index (χ0n) is 7.34. The van der Waals surface area contributed by atoms with E-state index in [9.17, 15) is 17.6 Å². The van der Waals surface area contributed by atoms with Crippen molar-refractivity contribution in [2.45, 2.75) is 5.03 Å². The third-order valence-corrected chi connectivity index (χ3v) is 2.73. The first-order valence-electron chi connectivity index (χ1n) is 3.75. The summed E-state index contributed by atoms with van der Waals surface area (Å²) in [5.74, 6) is -2.40. The van der Waals surface area contributed by atoms with E-state index >= 15 is 0 Å². The van der Waals surface area contributed by atoms with Crippen molar-refractivity contribution in [2.75, 3.05) is 6.54 Å². The number of carboxylic acid groups (broad SMARTS) is 1. The van der Waals surface area contributed by atoms with Crippen LogP contribution in [0.4, 0.5) is 4.39 Å². The van der Waals surface area contributed by atoms with Gasteiger partial charge in [-0.05, 0) is 12.1 Å². The highest BCUT2D eigenvalue weighted by Gasteiger charge is 2.20. The molecule has 0 aliphatic heterocycles. The lowest BCUT2D eigenvalue weighted by molar-refractivity contribution is -0.135. The fraction of sp³-hybridized carbons (Fsp3) is 0.143. The topological polar surface area (TPSA) is 96.4 Å². The van der Waals surface area contributed by atoms with Crippen LogP contribution >= 0.6 is 0 Å². The summed E-state index contributed by atoms with van der Waals surface area (Å²) in [6.45, 7) is -0.821. The summed E-state index contributed by atoms with van der Waals surface area (Å²) >= 11 is 0. The van der Waals surface area contributed by atoms with Gasteiger partial charge in [-0.1, -0.05) is 0 Å². The number of sulfonamides is 1. The number of aliphatic carboxylic acids is 1. The minimum atomic E-state index is -4.20. The van der Waals surface area contributed by atoms with E-state index in [-0.39, 0.29) is 0 Å². The van der Waals surface area contributed by atoms with E-state index in [1.165, 1.54) is 6.07 Å². The highest BCUT2D eigenvalue weighted by Crippen LogP contribution is 2.08. The van der Waals surface area contributed by atoms with Gasteiger partial charge in [0.25, 0.3) is 10.0 Å². The molecule has 0 atom stereocenters. The predicted octanol–water partition coefficient (Wildman–Crippen LogP) is -0.416. The predicted molar refractivity (Wildman–Crippen MR) is 47.0 cm³/mol. The Balaban J connectivity index is 2.97. The molecule has 1 aromatic rings. The highest BCUT2D eigenvalue weighted by molar-refractivity contribution is 7.89. The zero-order valence-corrected chi connectivity index (χ0v) is 8.16. The van der Waals surface area contributed by atoms with Gasteiger partial charge in [0.15, 0.2) is 5.82 Å². The average molecular weight is 234 g/mol. The summed E-state index contributed by atoms with van der Waals surface area (Å²) in [5, 5.41) is 7.44. The van der Waals surface area contributed by atoms with Crippen LogP contribution in [0.2, 0.25) is 0 Å². The van der Waals surface area contributed by atoms with Crippen LogP contribution in [0.3, 0.4) is 0 Å². The molecule has 0 saturated carbocycles. The Labute approximate surface area is 84.8 Å². The van der Waals surface area contributed by atoms with Gasteiger partial charge in [0, 0.05) is 6.20 Å². The molecule has 0 bridgehead atoms. The molecule has 2 N–H and O–H groups in total. The molecule has 1 rings (SSSR count). The van der Waals surface area contributed by atoms with E-state index < -0.39 is 33.4 Å². The fourth-order valence-corrected chi connectivity index (χ4v) is 1.77. The second kappa shape index (κ2) is 4.32. The Bertz CT molecular complexity index is 474. The third kappa shape index (κ3) is 2.96. The monoisotopic (exact) mass is 234 g/mol. The van der Waals surface area contributed by atoms with Crippen molar-refractivity contribution in [1.29, 1.82) is 0 Å². The highest BCUT2D eigenvalue weighted by atomic mass is 32.2. The second-order valence-corrected chi connectivity index (χ2v) is 4.19. The van der Waals surface area contributed by atoms with Gasteiger partial charge < -0.3 is 5.11 Å². The average Bonchev–Trinajstić information content (AvgIpc) is 2.15. The van der Waals surface area contributed by atoms with Gasteiger partial charge in [-0.15, -0.1) is 0 Å². The Morgan fingerprint density at radius 1 is 1.60 bits per heavy atom. The molecular weight excluding hydrogens is 227 g/mol. The summed E-state index contributed by atoms with van der Waals surface area (Å²) in [6.07, 6.45) is 1.10. The third-order valence-electron chi connectivity index (χ3n) is 1.39. The molecule has 15 heavy (non-hydrogen) atoms. The summed E-state index contributed by atoms with van der Waals surface area (Å²) in [4.78, 5) is 13.4. The van der Waals surface area contributed by atoms with Crippen LogP contribution in [0.25, 0.3) is 0 Å². The molecule has 0 aliphatic rings. The maximum atomic E-state index is 13.0. The number of rotatable bonds is 4. The summed E-state index contributed by atoms with van der Waals surface area (Å²) < 4.78 is 37.2. The molecule has 0 aliphatic carbocycles. The summed E-state index contributed by atoms with van der Waals surface area (Å²) in [6, 6.07) is 2.15. The molecule has 0 amide bonds. The number of hydrogen-bond donors (Lipinski definition) is 2. The molecule has 0 radical (unpaired) electrons. The van der Waals surface area contributed by atoms with Crippen LogP contribution < -0.4 is 4.72 Å². The number of aromatic nitrogens is 1. The van der Waals surface area contributed by atoms with E-state index in [0.717, 1.165) is 12.3 Å². The molecule has 1 aromatic heterocycles. The van der Waals surface area contributed by atoms with Crippen molar-refractivity contribution in [1.82, 2.24) is 9.71 Å². The van der Waals surface area contributed by atoms with E-state index in [1.54, 1.807) is 4.72 Å². The minimum Gasteiger partial charge on any atom is -0.480 e. The molecule has 0 saturated heterocycles. The molecule has 1 heterocycles. The van der Waals surface area contributed by atoms with E-state index in [1.807, 2.05) is 0 Å². The van der Waals surface area contributed by atoms with Gasteiger partial charge in [0.2, 0.25) is 5.03 Å². The Morgan fingerprint density at radius 2 is 2.27 bits per heavy atom. The van der Waals surface area contributed by atoms with Crippen LogP contribution in [-0.2, 0) is 14.8 Å². The van der Waals surface area contributed by atoms with Crippen molar-refractivity contribution in [3.63, 3.8) is 0 Å². The number of carbonyl (C=O) groups is 1. The van der Waals surface area contributed by atoms with Gasteiger partial charge in [-0.2, -0.15) is 4.72 Å². The van der Waals surface area contributed by atoms with Crippen molar-refractivity contribution in [2.24, 2.45) is 0 Å². The first-order chi connectivity index (χ1) is 6.93. The van der Waals surface area contributed by atoms with Crippen LogP contribution in [0.15, 0.2) is 23.4 Å². The summed E-state index contributed by atoms with van der Waals surface area (Å²) in [7, 11) is -4.20. The van der Waals surface area contributed by atoms with Crippen LogP contribution in [0.1, 0.15) is 0 Å². The standard InChI is InChI=1S/C7H7FN2O4S/c8-5-2-1-3-9-7(5)15(13,14)10-4-6(11)12/h1-3,10H,4H2,(H,11,12). The van der Waals surface area contributed by atoms with Crippen LogP contribution in [0, 0.1) is 5.82 Å². The first-order valence-corrected chi connectivity index (χ1v) is 5.24. The lowest BCUT2D eigenvalue weighted by atomic mass is 10.5. The number of hydrogen-bond acceptors (Lipinski definition) is 4. The molecular formula is C7H7FN2O4S. The van der Waals surface area contributed by atoms with Crippen LogP contribution in [-0.4, -0.2) is 31.0 Å². The fourth-order valence-electron chi connectivity index (χ4n) is 0.794. The van der Waals surface area contributed by atoms with Gasteiger partial charge in [-0.3, -0.25) is 4.79 Å². The van der Waals surface area contributed by atoms with Gasteiger partial charge in [0.05, 0.1) is 0 Å². The number of pyridine rings is 1. The number of nitrogens with one attached hydrogen (secondary N) is 1. The maximum absolute atomic E-state index is 13.0. The molecule has 0 aromatic carbocycles. The Kier molecular flexibility index (Phi) is 3.32. The van der Waals surface area contributed by atoms with Crippen molar-refractivity contribution in [3.8, 4) is 0 Å². The summed E-state index contributed by atoms with van der Waals surface area (Å²) in [5.41, 5.74) is 0. The largest absolute Gasteiger partial charge is 0.480 e. The molecule has 0 unspecified atom stereocenters. The molecule has 82 valence electrons. The normalized spacial score (nSPS) is 11.3. The van der Waals surface area contributed by atoms with E-state index in [0.29, 0.717) is 0 Å².